The van der Waals surface area contributed by atoms with Crippen LogP contribution >= 0.6 is 0 Å². The summed E-state index contributed by atoms with van der Waals surface area (Å²) in [7, 11) is 0. The molecule has 1 fully saturated rings. The quantitative estimate of drug-likeness (QED) is 0.921. The first kappa shape index (κ1) is 14.1. The molecule has 3 nitrogen and oxygen atoms in total. The summed E-state index contributed by atoms with van der Waals surface area (Å²) in [6.45, 7) is 0.464. The van der Waals surface area contributed by atoms with E-state index >= 15 is 0 Å². The lowest BCUT2D eigenvalue weighted by Gasteiger charge is -2.29. The molecule has 1 aromatic carbocycles. The van der Waals surface area contributed by atoms with Crippen LogP contribution in [0.4, 0.5) is 13.2 Å². The number of hydrogen-bond acceptors (Lipinski definition) is 3. The van der Waals surface area contributed by atoms with Crippen molar-refractivity contribution < 1.29 is 22.6 Å². The van der Waals surface area contributed by atoms with Gasteiger partial charge < -0.3 is 15.2 Å². The second-order valence-electron chi connectivity index (χ2n) is 4.53. The molecule has 106 valence electrons. The Kier molecular flexibility index (Phi) is 4.31. The Hall–Kier alpha value is -1.27. The number of nitrogens with two attached hydrogens (primary N) is 1. The summed E-state index contributed by atoms with van der Waals surface area (Å²) in [6, 6.07) is 5.81. The Labute approximate surface area is 109 Å². The predicted molar refractivity (Wildman–Crippen MR) is 63.6 cm³/mol. The molecule has 2 N–H and O–H groups in total. The summed E-state index contributed by atoms with van der Waals surface area (Å²) in [5.41, 5.74) is 6.42. The minimum Gasteiger partial charge on any atom is -0.406 e. The van der Waals surface area contributed by atoms with Crippen LogP contribution in [0, 0.1) is 0 Å². The molecule has 1 saturated heterocycles. The average molecular weight is 275 g/mol. The Bertz CT molecular complexity index is 405. The van der Waals surface area contributed by atoms with Crippen LogP contribution in [0.3, 0.4) is 0 Å². The zero-order valence-corrected chi connectivity index (χ0v) is 10.3. The normalized spacial score (nSPS) is 24.2. The lowest BCUT2D eigenvalue weighted by atomic mass is 9.98. The van der Waals surface area contributed by atoms with Crippen molar-refractivity contribution >= 4 is 0 Å². The van der Waals surface area contributed by atoms with E-state index < -0.39 is 6.36 Å². The third kappa shape index (κ3) is 4.11. The van der Waals surface area contributed by atoms with Gasteiger partial charge in [-0.2, -0.15) is 0 Å². The molecule has 0 bridgehead atoms. The fourth-order valence-corrected chi connectivity index (χ4v) is 2.20. The number of hydrogen-bond donors (Lipinski definition) is 1. The van der Waals surface area contributed by atoms with Crippen molar-refractivity contribution in [3.63, 3.8) is 0 Å². The van der Waals surface area contributed by atoms with Gasteiger partial charge in [0.1, 0.15) is 5.75 Å². The highest BCUT2D eigenvalue weighted by Crippen LogP contribution is 2.32. The zero-order chi connectivity index (χ0) is 13.9. The zero-order valence-electron chi connectivity index (χ0n) is 10.3. The van der Waals surface area contributed by atoms with Crippen molar-refractivity contribution in [2.24, 2.45) is 5.73 Å². The maximum absolute atomic E-state index is 12.0. The number of rotatable bonds is 3. The summed E-state index contributed by atoms with van der Waals surface area (Å²) in [4.78, 5) is 0. The molecule has 0 saturated carbocycles. The van der Waals surface area contributed by atoms with Gasteiger partial charge in [0.05, 0.1) is 12.2 Å². The van der Waals surface area contributed by atoms with Crippen LogP contribution in [0.1, 0.15) is 30.9 Å². The topological polar surface area (TPSA) is 44.5 Å². The Morgan fingerprint density at radius 2 is 1.89 bits per heavy atom. The van der Waals surface area contributed by atoms with Gasteiger partial charge in [0, 0.05) is 6.54 Å². The standard InChI is InChI=1S/C13H16F3NO2/c14-13(15,16)19-10-6-4-9(5-7-10)12-3-1-2-11(8-17)18-12/h4-7,11-12H,1-3,8,17H2/t11-,12+/m1/s1. The van der Waals surface area contributed by atoms with Crippen LogP contribution in [-0.2, 0) is 4.74 Å². The molecule has 0 amide bonds. The Morgan fingerprint density at radius 3 is 2.47 bits per heavy atom. The molecule has 1 aliphatic rings. The van der Waals surface area contributed by atoms with E-state index in [4.69, 9.17) is 10.5 Å². The van der Waals surface area contributed by atoms with Crippen LogP contribution in [0.15, 0.2) is 24.3 Å². The lowest BCUT2D eigenvalue weighted by Crippen LogP contribution is -2.29. The molecule has 0 aromatic heterocycles. The first-order valence-electron chi connectivity index (χ1n) is 6.19. The van der Waals surface area contributed by atoms with Crippen molar-refractivity contribution in [2.45, 2.75) is 37.8 Å². The molecule has 1 aliphatic heterocycles. The lowest BCUT2D eigenvalue weighted by molar-refractivity contribution is -0.274. The van der Waals surface area contributed by atoms with E-state index in [-0.39, 0.29) is 18.0 Å². The SMILES string of the molecule is NC[C@H]1CCC[C@@H](c2ccc(OC(F)(F)F)cc2)O1. The molecule has 0 spiro atoms. The van der Waals surface area contributed by atoms with E-state index in [1.165, 1.54) is 12.1 Å². The molecule has 2 atom stereocenters. The average Bonchev–Trinajstić information content (AvgIpc) is 2.38. The number of ether oxygens (including phenoxy) is 2. The summed E-state index contributed by atoms with van der Waals surface area (Å²) in [6.07, 6.45) is -1.92. The molecule has 0 unspecified atom stereocenters. The second-order valence-corrected chi connectivity index (χ2v) is 4.53. The molecule has 2 rings (SSSR count). The second kappa shape index (κ2) is 5.79. The predicted octanol–water partition coefficient (Wildman–Crippen LogP) is 3.15. The van der Waals surface area contributed by atoms with Gasteiger partial charge in [0.25, 0.3) is 0 Å². The van der Waals surface area contributed by atoms with Crippen LogP contribution in [-0.4, -0.2) is 19.0 Å². The maximum Gasteiger partial charge on any atom is 0.573 e. The van der Waals surface area contributed by atoms with E-state index in [0.717, 1.165) is 24.8 Å². The van der Waals surface area contributed by atoms with Crippen molar-refractivity contribution in [1.82, 2.24) is 0 Å². The fourth-order valence-electron chi connectivity index (χ4n) is 2.20. The summed E-state index contributed by atoms with van der Waals surface area (Å²) in [5.74, 6) is -0.220. The van der Waals surface area contributed by atoms with Crippen LogP contribution < -0.4 is 10.5 Å². The molecule has 6 heteroatoms. The van der Waals surface area contributed by atoms with E-state index in [0.29, 0.717) is 6.54 Å². The number of benzene rings is 1. The van der Waals surface area contributed by atoms with Crippen LogP contribution in [0.5, 0.6) is 5.75 Å². The first-order chi connectivity index (χ1) is 8.98. The van der Waals surface area contributed by atoms with Crippen LogP contribution in [0.25, 0.3) is 0 Å². The van der Waals surface area contributed by atoms with Crippen molar-refractivity contribution in [2.75, 3.05) is 6.54 Å². The molecular weight excluding hydrogens is 259 g/mol. The molecule has 1 aromatic rings. The van der Waals surface area contributed by atoms with Gasteiger partial charge in [0.15, 0.2) is 0 Å². The van der Waals surface area contributed by atoms with Crippen LogP contribution in [0.2, 0.25) is 0 Å². The highest BCUT2D eigenvalue weighted by atomic mass is 19.4. The Morgan fingerprint density at radius 1 is 1.21 bits per heavy atom. The number of halogens is 3. The number of alkyl halides is 3. The van der Waals surface area contributed by atoms with Gasteiger partial charge in [-0.15, -0.1) is 13.2 Å². The van der Waals surface area contributed by atoms with E-state index in [1.807, 2.05) is 0 Å². The monoisotopic (exact) mass is 275 g/mol. The van der Waals surface area contributed by atoms with Gasteiger partial charge in [-0.05, 0) is 37.0 Å². The minimum atomic E-state index is -4.66. The largest absolute Gasteiger partial charge is 0.573 e. The van der Waals surface area contributed by atoms with E-state index in [2.05, 4.69) is 4.74 Å². The first-order valence-corrected chi connectivity index (χ1v) is 6.19. The summed E-state index contributed by atoms with van der Waals surface area (Å²) < 4.78 is 45.7. The molecule has 19 heavy (non-hydrogen) atoms. The van der Waals surface area contributed by atoms with Gasteiger partial charge >= 0.3 is 6.36 Å². The third-order valence-electron chi connectivity index (χ3n) is 3.10. The van der Waals surface area contributed by atoms with Crippen molar-refractivity contribution in [1.29, 1.82) is 0 Å². The summed E-state index contributed by atoms with van der Waals surface area (Å²) >= 11 is 0. The molecule has 0 aliphatic carbocycles. The maximum atomic E-state index is 12.0. The molecule has 1 heterocycles. The van der Waals surface area contributed by atoms with Gasteiger partial charge in [0.2, 0.25) is 0 Å². The Balaban J connectivity index is 2.01. The third-order valence-corrected chi connectivity index (χ3v) is 3.10. The molecule has 0 radical (unpaired) electrons. The minimum absolute atomic E-state index is 0.0323. The highest BCUT2D eigenvalue weighted by Gasteiger charge is 2.31. The fraction of sp³-hybridized carbons (Fsp3) is 0.538. The van der Waals surface area contributed by atoms with E-state index in [9.17, 15) is 13.2 Å². The smallest absolute Gasteiger partial charge is 0.406 e. The van der Waals surface area contributed by atoms with Crippen molar-refractivity contribution in [3.05, 3.63) is 29.8 Å². The van der Waals surface area contributed by atoms with Crippen molar-refractivity contribution in [3.8, 4) is 5.75 Å². The van der Waals surface area contributed by atoms with E-state index in [1.54, 1.807) is 12.1 Å². The highest BCUT2D eigenvalue weighted by molar-refractivity contribution is 5.29. The van der Waals surface area contributed by atoms with Gasteiger partial charge in [-0.3, -0.25) is 0 Å². The summed E-state index contributed by atoms with van der Waals surface area (Å²) in [5, 5.41) is 0. The van der Waals surface area contributed by atoms with Gasteiger partial charge in [-0.1, -0.05) is 12.1 Å². The molecular formula is C13H16F3NO2. The van der Waals surface area contributed by atoms with Gasteiger partial charge in [-0.25, -0.2) is 0 Å².